The second-order valence-corrected chi connectivity index (χ2v) is 6.40. The zero-order valence-corrected chi connectivity index (χ0v) is 15.3. The molecule has 0 atom stereocenters. The molecule has 128 valence electrons. The third-order valence-corrected chi connectivity index (χ3v) is 4.21. The fourth-order valence-corrected chi connectivity index (χ4v) is 2.81. The molecule has 2 aromatic carbocycles. The molecule has 0 radical (unpaired) electrons. The van der Waals surface area contributed by atoms with Crippen molar-refractivity contribution in [2.24, 2.45) is 0 Å². The topological polar surface area (TPSA) is 18.5 Å². The van der Waals surface area contributed by atoms with E-state index in [-0.39, 0.29) is 0 Å². The Morgan fingerprint density at radius 2 is 0.958 bits per heavy atom. The Morgan fingerprint density at radius 3 is 1.25 bits per heavy atom. The van der Waals surface area contributed by atoms with Gasteiger partial charge >= 0.3 is 0 Å². The fourth-order valence-electron chi connectivity index (χ4n) is 2.81. The smallest absolute Gasteiger partial charge is 0.0679 e. The summed E-state index contributed by atoms with van der Waals surface area (Å²) in [6.45, 7) is 5.50. The van der Waals surface area contributed by atoms with Crippen LogP contribution < -0.4 is 0 Å². The van der Waals surface area contributed by atoms with Gasteiger partial charge in [-0.2, -0.15) is 0 Å². The van der Waals surface area contributed by atoms with Crippen LogP contribution in [0.1, 0.15) is 22.3 Å². The van der Waals surface area contributed by atoms with E-state index in [2.05, 4.69) is 62.4 Å². The molecule has 0 heterocycles. The lowest BCUT2D eigenvalue weighted by molar-refractivity contribution is 0.208. The van der Waals surface area contributed by atoms with Crippen LogP contribution >= 0.6 is 0 Å². The van der Waals surface area contributed by atoms with Gasteiger partial charge < -0.3 is 9.47 Å². The fraction of sp³-hybridized carbons (Fsp3) is 0.364. The molecule has 2 rings (SSSR count). The number of hydrogen-bond donors (Lipinski definition) is 0. The normalized spacial score (nSPS) is 12.2. The molecule has 2 aromatic rings. The quantitative estimate of drug-likeness (QED) is 0.657. The second-order valence-electron chi connectivity index (χ2n) is 6.40. The Morgan fingerprint density at radius 1 is 0.625 bits per heavy atom. The maximum atomic E-state index is 5.47. The number of rotatable bonds is 8. The van der Waals surface area contributed by atoms with E-state index in [4.69, 9.17) is 9.47 Å². The highest BCUT2D eigenvalue weighted by Crippen LogP contribution is 2.18. The Bertz CT molecular complexity index is 592. The predicted molar refractivity (Wildman–Crippen MR) is 101 cm³/mol. The molecule has 0 fully saturated rings. The van der Waals surface area contributed by atoms with E-state index in [1.165, 1.54) is 33.4 Å². The average molecular weight is 324 g/mol. The molecule has 0 saturated carbocycles. The van der Waals surface area contributed by atoms with Crippen molar-refractivity contribution in [3.05, 3.63) is 81.9 Å². The molecule has 0 unspecified atom stereocenters. The summed E-state index contributed by atoms with van der Waals surface area (Å²) in [5, 5.41) is 0. The number of benzene rings is 2. The minimum absolute atomic E-state index is 0.637. The molecule has 24 heavy (non-hydrogen) atoms. The van der Waals surface area contributed by atoms with Crippen molar-refractivity contribution in [3.63, 3.8) is 0 Å². The highest BCUT2D eigenvalue weighted by atomic mass is 16.5. The van der Waals surface area contributed by atoms with Crippen LogP contribution in [0.4, 0.5) is 0 Å². The first-order chi connectivity index (χ1) is 11.6. The maximum absolute atomic E-state index is 5.47. The molecule has 0 N–H and O–H groups in total. The van der Waals surface area contributed by atoms with Crippen molar-refractivity contribution in [2.45, 2.75) is 26.7 Å². The molecule has 0 aliphatic carbocycles. The van der Waals surface area contributed by atoms with Crippen LogP contribution in [0.5, 0.6) is 0 Å². The van der Waals surface area contributed by atoms with E-state index < -0.39 is 0 Å². The number of aryl methyl sites for hydroxylation is 2. The van der Waals surface area contributed by atoms with Gasteiger partial charge in [0.15, 0.2) is 0 Å². The van der Waals surface area contributed by atoms with Crippen molar-refractivity contribution >= 4 is 0 Å². The first kappa shape index (κ1) is 18.4. The Balaban J connectivity index is 2.26. The minimum Gasteiger partial charge on any atom is -0.380 e. The van der Waals surface area contributed by atoms with Crippen LogP contribution in [0.3, 0.4) is 0 Å². The molecular formula is C22H28O2. The van der Waals surface area contributed by atoms with E-state index in [0.717, 1.165) is 12.8 Å². The number of hydrogen-bond acceptors (Lipinski definition) is 2. The highest BCUT2D eigenvalue weighted by molar-refractivity contribution is 5.32. The molecule has 0 amide bonds. The van der Waals surface area contributed by atoms with Gasteiger partial charge in [-0.25, -0.2) is 0 Å². The second kappa shape index (κ2) is 9.41. The lowest BCUT2D eigenvalue weighted by Crippen LogP contribution is -2.09. The van der Waals surface area contributed by atoms with Gasteiger partial charge in [-0.15, -0.1) is 0 Å². The summed E-state index contributed by atoms with van der Waals surface area (Å²) in [7, 11) is 3.51. The summed E-state index contributed by atoms with van der Waals surface area (Å²) in [5.74, 6) is 0. The van der Waals surface area contributed by atoms with Crippen molar-refractivity contribution in [1.29, 1.82) is 0 Å². The largest absolute Gasteiger partial charge is 0.380 e. The van der Waals surface area contributed by atoms with Crippen LogP contribution in [0.25, 0.3) is 0 Å². The van der Waals surface area contributed by atoms with Crippen molar-refractivity contribution in [2.75, 3.05) is 27.4 Å². The molecule has 0 spiro atoms. The van der Waals surface area contributed by atoms with E-state index >= 15 is 0 Å². The summed E-state index contributed by atoms with van der Waals surface area (Å²) in [4.78, 5) is 0. The van der Waals surface area contributed by atoms with Gasteiger partial charge in [0.2, 0.25) is 0 Å². The van der Waals surface area contributed by atoms with Gasteiger partial charge in [-0.3, -0.25) is 0 Å². The number of methoxy groups -OCH3 is 2. The summed E-state index contributed by atoms with van der Waals surface area (Å²) in [6.07, 6.45) is 1.80. The molecule has 0 aliphatic rings. The standard InChI is InChI=1S/C22H28O2/c1-17-5-9-19(10-6-17)13-21(15-23-3)22(16-24-4)14-20-11-7-18(2)8-12-20/h5-12H,13-16H2,1-4H3/b22-21-. The molecule has 2 nitrogen and oxygen atoms in total. The first-order valence-electron chi connectivity index (χ1n) is 8.41. The van der Waals surface area contributed by atoms with Gasteiger partial charge in [-0.1, -0.05) is 59.7 Å². The molecule has 0 aromatic heterocycles. The van der Waals surface area contributed by atoms with E-state index in [0.29, 0.717) is 13.2 Å². The molecule has 2 heteroatoms. The third-order valence-electron chi connectivity index (χ3n) is 4.21. The van der Waals surface area contributed by atoms with Gasteiger partial charge in [0.05, 0.1) is 13.2 Å². The van der Waals surface area contributed by atoms with E-state index in [1.54, 1.807) is 14.2 Å². The van der Waals surface area contributed by atoms with Crippen LogP contribution in [0.15, 0.2) is 59.7 Å². The summed E-state index contributed by atoms with van der Waals surface area (Å²) >= 11 is 0. The van der Waals surface area contributed by atoms with Crippen LogP contribution in [-0.2, 0) is 22.3 Å². The van der Waals surface area contributed by atoms with Gasteiger partial charge in [0.25, 0.3) is 0 Å². The molecule has 0 saturated heterocycles. The van der Waals surface area contributed by atoms with Crippen LogP contribution in [0, 0.1) is 13.8 Å². The average Bonchev–Trinajstić information content (AvgIpc) is 2.58. The maximum Gasteiger partial charge on any atom is 0.0679 e. The third kappa shape index (κ3) is 5.63. The number of ether oxygens (including phenoxy) is 2. The van der Waals surface area contributed by atoms with Gasteiger partial charge in [0, 0.05) is 14.2 Å². The predicted octanol–water partition coefficient (Wildman–Crippen LogP) is 4.68. The Labute approximate surface area is 146 Å². The SMILES string of the molecule is COC/C(Cc1ccc(C)cc1)=C(\COC)Cc1ccc(C)cc1. The Kier molecular flexibility index (Phi) is 7.23. The summed E-state index contributed by atoms with van der Waals surface area (Å²) in [6, 6.07) is 17.4. The van der Waals surface area contributed by atoms with E-state index in [1.807, 2.05) is 0 Å². The van der Waals surface area contributed by atoms with Crippen molar-refractivity contribution in [1.82, 2.24) is 0 Å². The zero-order valence-electron chi connectivity index (χ0n) is 15.3. The van der Waals surface area contributed by atoms with Crippen molar-refractivity contribution in [3.8, 4) is 0 Å². The minimum atomic E-state index is 0.637. The summed E-state index contributed by atoms with van der Waals surface area (Å²) < 4.78 is 10.9. The molecule has 0 bridgehead atoms. The van der Waals surface area contributed by atoms with E-state index in [9.17, 15) is 0 Å². The monoisotopic (exact) mass is 324 g/mol. The lowest BCUT2D eigenvalue weighted by atomic mass is 9.95. The van der Waals surface area contributed by atoms with Crippen LogP contribution in [0.2, 0.25) is 0 Å². The van der Waals surface area contributed by atoms with Gasteiger partial charge in [-0.05, 0) is 49.0 Å². The summed E-state index contributed by atoms with van der Waals surface area (Å²) in [5.41, 5.74) is 7.81. The Hall–Kier alpha value is -1.90. The molecule has 0 aliphatic heterocycles. The van der Waals surface area contributed by atoms with Crippen LogP contribution in [-0.4, -0.2) is 27.4 Å². The van der Waals surface area contributed by atoms with Crippen molar-refractivity contribution < 1.29 is 9.47 Å². The van der Waals surface area contributed by atoms with Gasteiger partial charge in [0.1, 0.15) is 0 Å². The zero-order chi connectivity index (χ0) is 17.4. The first-order valence-corrected chi connectivity index (χ1v) is 8.41. The lowest BCUT2D eigenvalue weighted by Gasteiger charge is -2.16. The molecular weight excluding hydrogens is 296 g/mol. The highest BCUT2D eigenvalue weighted by Gasteiger charge is 2.10.